The van der Waals surface area contributed by atoms with E-state index in [0.717, 1.165) is 36.2 Å². The van der Waals surface area contributed by atoms with Crippen molar-refractivity contribution < 1.29 is 19.8 Å². The molecule has 0 bridgehead atoms. The summed E-state index contributed by atoms with van der Waals surface area (Å²) in [6, 6.07) is 5.93. The highest BCUT2D eigenvalue weighted by Crippen LogP contribution is 2.62. The molecule has 1 aromatic carbocycles. The Kier molecular flexibility index (Phi) is 5.34. The van der Waals surface area contributed by atoms with E-state index in [9.17, 15) is 24.6 Å². The van der Waals surface area contributed by atoms with Crippen LogP contribution in [0.2, 0.25) is 0 Å². The molecule has 6 rings (SSSR count). The minimum absolute atomic E-state index is 0.0258. The molecule has 0 spiro atoms. The number of nitrogens with zero attached hydrogens (tertiary/aromatic N) is 1. The summed E-state index contributed by atoms with van der Waals surface area (Å²) in [6.45, 7) is 5.38. The smallest absolute Gasteiger partial charge is 0.261 e. The van der Waals surface area contributed by atoms with Crippen LogP contribution >= 0.6 is 0 Å². The molecule has 2 aromatic rings. The molecule has 2 saturated carbocycles. The van der Waals surface area contributed by atoms with E-state index in [4.69, 9.17) is 5.73 Å². The number of phenols is 1. The molecule has 5 unspecified atom stereocenters. The molecule has 4 aliphatic rings. The van der Waals surface area contributed by atoms with E-state index in [-0.39, 0.29) is 23.8 Å². The van der Waals surface area contributed by atoms with Crippen LogP contribution in [0.1, 0.15) is 58.9 Å². The summed E-state index contributed by atoms with van der Waals surface area (Å²) in [5.74, 6) is -0.212. The van der Waals surface area contributed by atoms with E-state index in [0.29, 0.717) is 24.0 Å². The fourth-order valence-corrected chi connectivity index (χ4v) is 7.37. The first-order valence-corrected chi connectivity index (χ1v) is 13.1. The Balaban J connectivity index is 1.44. The van der Waals surface area contributed by atoms with Crippen molar-refractivity contribution in [2.24, 2.45) is 17.6 Å². The third-order valence-corrected chi connectivity index (χ3v) is 9.34. The number of amides is 2. The first-order valence-electron chi connectivity index (χ1n) is 13.1. The largest absolute Gasteiger partial charge is 0.508 e. The van der Waals surface area contributed by atoms with Gasteiger partial charge in [0, 0.05) is 43.1 Å². The zero-order valence-electron chi connectivity index (χ0n) is 21.2. The lowest BCUT2D eigenvalue weighted by atomic mass is 9.59. The van der Waals surface area contributed by atoms with Gasteiger partial charge in [0.15, 0.2) is 0 Å². The van der Waals surface area contributed by atoms with E-state index in [1.165, 1.54) is 19.8 Å². The molecule has 1 aromatic heterocycles. The van der Waals surface area contributed by atoms with Crippen LogP contribution in [0.4, 0.5) is 0 Å². The third kappa shape index (κ3) is 3.62. The van der Waals surface area contributed by atoms with Gasteiger partial charge in [0.2, 0.25) is 5.91 Å². The number of fused-ring (bicyclic) bond motifs is 4. The van der Waals surface area contributed by atoms with Gasteiger partial charge in [-0.05, 0) is 79.8 Å². The maximum Gasteiger partial charge on any atom is 0.261 e. The fourth-order valence-electron chi connectivity index (χ4n) is 7.37. The zero-order valence-corrected chi connectivity index (χ0v) is 21.2. The van der Waals surface area contributed by atoms with Crippen molar-refractivity contribution in [3.63, 3.8) is 0 Å². The number of primary amides is 1. The lowest BCUT2D eigenvalue weighted by Crippen LogP contribution is -2.68. The second-order valence-corrected chi connectivity index (χ2v) is 11.8. The molecule has 1 saturated heterocycles. The summed E-state index contributed by atoms with van der Waals surface area (Å²) in [7, 11) is 0. The lowest BCUT2D eigenvalue weighted by molar-refractivity contribution is -0.119. The normalized spacial score (nSPS) is 31.0. The molecule has 9 nitrogen and oxygen atoms in total. The minimum Gasteiger partial charge on any atom is -0.508 e. The van der Waals surface area contributed by atoms with Gasteiger partial charge in [-0.15, -0.1) is 0 Å². The maximum atomic E-state index is 13.0. The summed E-state index contributed by atoms with van der Waals surface area (Å²) in [6.07, 6.45) is 3.91. The van der Waals surface area contributed by atoms with Crippen LogP contribution in [0.15, 0.2) is 29.1 Å². The molecular formula is C28H34N4O5. The van der Waals surface area contributed by atoms with E-state index in [1.807, 2.05) is 13.0 Å². The molecule has 37 heavy (non-hydrogen) atoms. The van der Waals surface area contributed by atoms with E-state index in [2.05, 4.69) is 15.2 Å². The zero-order chi connectivity index (χ0) is 26.3. The Morgan fingerprint density at radius 1 is 1.27 bits per heavy atom. The monoisotopic (exact) mass is 506 g/mol. The highest BCUT2D eigenvalue weighted by Gasteiger charge is 2.70. The number of likely N-dealkylation sites (tertiary alicyclic amines) is 1. The number of hydrogen-bond acceptors (Lipinski definition) is 6. The second-order valence-electron chi connectivity index (χ2n) is 11.8. The number of aromatic amines is 1. The number of rotatable bonds is 6. The Labute approximate surface area is 215 Å². The Morgan fingerprint density at radius 2 is 2.03 bits per heavy atom. The van der Waals surface area contributed by atoms with Gasteiger partial charge in [-0.25, -0.2) is 0 Å². The summed E-state index contributed by atoms with van der Waals surface area (Å²) < 4.78 is 0. The first kappa shape index (κ1) is 24.2. The standard InChI is InChI=1S/C28H34N4O5/c1-14-3-6-19(33)8-21(14)27-9-18-13-32(12-16-4-5-16)23(18)28(27,37)10-17-7-20(26(36)31-22(17)11-27)25(35)30-15(2)24(29)34/h3,6-8,15-16,18,23,33,37H,4-5,9-13H2,1-2H3,(H2,29,34)(H,30,35)(H,31,36). The average Bonchev–Trinajstić information content (AvgIpc) is 3.61. The number of phenolic OH excluding ortho intramolecular Hbond substituents is 1. The van der Waals surface area contributed by atoms with Crippen molar-refractivity contribution in [3.05, 3.63) is 62.6 Å². The predicted octanol–water partition coefficient (Wildman–Crippen LogP) is 0.874. The molecule has 1 aliphatic heterocycles. The number of aromatic hydroxyl groups is 1. The number of aromatic nitrogens is 1. The van der Waals surface area contributed by atoms with Crippen molar-refractivity contribution in [1.82, 2.24) is 15.2 Å². The van der Waals surface area contributed by atoms with Crippen LogP contribution in [0, 0.1) is 18.8 Å². The topological polar surface area (TPSA) is 149 Å². The van der Waals surface area contributed by atoms with Gasteiger partial charge < -0.3 is 26.2 Å². The average molecular weight is 507 g/mol. The summed E-state index contributed by atoms with van der Waals surface area (Å²) >= 11 is 0. The molecule has 0 radical (unpaired) electrons. The van der Waals surface area contributed by atoms with Gasteiger partial charge in [-0.1, -0.05) is 6.07 Å². The quantitative estimate of drug-likeness (QED) is 0.393. The number of aliphatic hydroxyl groups is 1. The molecule has 5 atom stereocenters. The van der Waals surface area contributed by atoms with Gasteiger partial charge in [0.05, 0.1) is 5.60 Å². The van der Waals surface area contributed by atoms with Crippen LogP contribution in [-0.4, -0.2) is 62.7 Å². The molecule has 2 heterocycles. The summed E-state index contributed by atoms with van der Waals surface area (Å²) in [5, 5.41) is 25.6. The van der Waals surface area contributed by atoms with Gasteiger partial charge in [-0.3, -0.25) is 19.3 Å². The minimum atomic E-state index is -1.14. The van der Waals surface area contributed by atoms with Crippen molar-refractivity contribution >= 4 is 11.8 Å². The summed E-state index contributed by atoms with van der Waals surface area (Å²) in [5.41, 5.74) is 6.15. The Hall–Kier alpha value is -3.17. The van der Waals surface area contributed by atoms with Crippen LogP contribution in [-0.2, 0) is 23.1 Å². The van der Waals surface area contributed by atoms with Crippen LogP contribution in [0.5, 0.6) is 5.75 Å². The highest BCUT2D eigenvalue weighted by molar-refractivity contribution is 5.97. The molecule has 2 amide bonds. The summed E-state index contributed by atoms with van der Waals surface area (Å²) in [4.78, 5) is 42.6. The molecule has 196 valence electrons. The number of carbonyl (C=O) groups excluding carboxylic acids is 2. The molecule has 9 heteroatoms. The van der Waals surface area contributed by atoms with E-state index < -0.39 is 34.4 Å². The number of pyridine rings is 1. The lowest BCUT2D eigenvalue weighted by Gasteiger charge is -2.55. The van der Waals surface area contributed by atoms with E-state index >= 15 is 0 Å². The first-order chi connectivity index (χ1) is 17.5. The van der Waals surface area contributed by atoms with Crippen LogP contribution in [0.25, 0.3) is 0 Å². The molecule has 3 aliphatic carbocycles. The second kappa shape index (κ2) is 8.16. The number of H-pyrrole nitrogens is 1. The van der Waals surface area contributed by atoms with Crippen LogP contribution in [0.3, 0.4) is 0 Å². The van der Waals surface area contributed by atoms with Crippen molar-refractivity contribution in [2.45, 2.75) is 69.1 Å². The molecule has 3 fully saturated rings. The number of benzene rings is 1. The van der Waals surface area contributed by atoms with Gasteiger partial charge in [-0.2, -0.15) is 0 Å². The fraction of sp³-hybridized carbons (Fsp3) is 0.536. The maximum absolute atomic E-state index is 13.0. The SMILES string of the molecule is Cc1ccc(O)cc1C12Cc3[nH]c(=O)c(C(=O)NC(C)C(N)=O)cc3CC1(O)C1C(CN1CC1CC1)C2. The van der Waals surface area contributed by atoms with Crippen molar-refractivity contribution in [1.29, 1.82) is 0 Å². The number of hydrogen-bond donors (Lipinski definition) is 5. The van der Waals surface area contributed by atoms with Gasteiger partial charge >= 0.3 is 0 Å². The predicted molar refractivity (Wildman–Crippen MR) is 136 cm³/mol. The molecule has 6 N–H and O–H groups in total. The third-order valence-electron chi connectivity index (χ3n) is 9.34. The van der Waals surface area contributed by atoms with Crippen LogP contribution < -0.4 is 16.6 Å². The Morgan fingerprint density at radius 3 is 2.73 bits per heavy atom. The molecular weight excluding hydrogens is 472 g/mol. The Bertz CT molecular complexity index is 1370. The highest BCUT2D eigenvalue weighted by atomic mass is 16.3. The van der Waals surface area contributed by atoms with Crippen molar-refractivity contribution in [3.8, 4) is 5.75 Å². The van der Waals surface area contributed by atoms with Gasteiger partial charge in [0.25, 0.3) is 11.5 Å². The van der Waals surface area contributed by atoms with Gasteiger partial charge in [0.1, 0.15) is 17.4 Å². The van der Waals surface area contributed by atoms with Crippen molar-refractivity contribution in [2.75, 3.05) is 13.1 Å². The number of aryl methyl sites for hydroxylation is 1. The van der Waals surface area contributed by atoms with E-state index in [1.54, 1.807) is 18.2 Å². The number of carbonyl (C=O) groups is 2. The number of nitrogens with two attached hydrogens (primary N) is 1. The number of nitrogens with one attached hydrogen (secondary N) is 2.